The fourth-order valence-corrected chi connectivity index (χ4v) is 3.95. The van der Waals surface area contributed by atoms with Gasteiger partial charge in [0, 0.05) is 23.9 Å². The highest BCUT2D eigenvalue weighted by atomic mass is 32.1. The van der Waals surface area contributed by atoms with Crippen LogP contribution < -0.4 is 5.32 Å². The van der Waals surface area contributed by atoms with E-state index < -0.39 is 0 Å². The number of thiophene rings is 1. The first-order chi connectivity index (χ1) is 11.7. The van der Waals surface area contributed by atoms with Crippen LogP contribution in [0, 0.1) is 6.92 Å². The summed E-state index contributed by atoms with van der Waals surface area (Å²) in [5.41, 5.74) is 1.86. The van der Waals surface area contributed by atoms with Crippen molar-refractivity contribution in [2.75, 3.05) is 6.54 Å². The molecule has 0 spiro atoms. The van der Waals surface area contributed by atoms with E-state index in [0.717, 1.165) is 32.0 Å². The summed E-state index contributed by atoms with van der Waals surface area (Å²) in [4.78, 5) is 13.3. The summed E-state index contributed by atoms with van der Waals surface area (Å²) in [5, 5.41) is 12.4. The van der Waals surface area contributed by atoms with Crippen LogP contribution in [0.25, 0.3) is 15.7 Å². The first-order valence-electron chi connectivity index (χ1n) is 7.79. The molecule has 3 heterocycles. The fraction of sp³-hybridized carbons (Fsp3) is 0.167. The van der Waals surface area contributed by atoms with Gasteiger partial charge >= 0.3 is 0 Å². The second kappa shape index (κ2) is 6.05. The molecule has 24 heavy (non-hydrogen) atoms. The monoisotopic (exact) mass is 336 g/mol. The predicted molar refractivity (Wildman–Crippen MR) is 95.6 cm³/mol. The highest BCUT2D eigenvalue weighted by Crippen LogP contribution is 2.30. The van der Waals surface area contributed by atoms with E-state index in [1.807, 2.05) is 53.9 Å². The SMILES string of the molecule is Cc1c(C(=O)NCCc2nnc3ccccn23)sc2ccccc12. The van der Waals surface area contributed by atoms with Gasteiger partial charge in [-0.1, -0.05) is 24.3 Å². The van der Waals surface area contributed by atoms with Crippen molar-refractivity contribution in [3.63, 3.8) is 0 Å². The van der Waals surface area contributed by atoms with Crippen LogP contribution in [0.3, 0.4) is 0 Å². The van der Waals surface area contributed by atoms with Crippen LogP contribution in [0.4, 0.5) is 0 Å². The number of carbonyl (C=O) groups is 1. The number of benzene rings is 1. The van der Waals surface area contributed by atoms with Crippen LogP contribution in [0.15, 0.2) is 48.7 Å². The first-order valence-corrected chi connectivity index (χ1v) is 8.60. The van der Waals surface area contributed by atoms with Gasteiger partial charge in [-0.2, -0.15) is 0 Å². The van der Waals surface area contributed by atoms with Gasteiger partial charge in [0.15, 0.2) is 5.65 Å². The summed E-state index contributed by atoms with van der Waals surface area (Å²) in [7, 11) is 0. The van der Waals surface area contributed by atoms with Crippen molar-refractivity contribution in [3.05, 3.63) is 64.9 Å². The van der Waals surface area contributed by atoms with E-state index in [1.54, 1.807) is 0 Å². The van der Waals surface area contributed by atoms with Gasteiger partial charge in [0.05, 0.1) is 4.88 Å². The molecule has 0 aliphatic heterocycles. The number of carbonyl (C=O) groups excluding carboxylic acids is 1. The van der Waals surface area contributed by atoms with Gasteiger partial charge in [-0.05, 0) is 36.1 Å². The Labute approximate surface area is 143 Å². The van der Waals surface area contributed by atoms with Crippen LogP contribution in [0.2, 0.25) is 0 Å². The molecule has 5 nitrogen and oxygen atoms in total. The van der Waals surface area contributed by atoms with Crippen molar-refractivity contribution in [1.29, 1.82) is 0 Å². The first kappa shape index (κ1) is 14.8. The van der Waals surface area contributed by atoms with Crippen LogP contribution in [0.5, 0.6) is 0 Å². The minimum Gasteiger partial charge on any atom is -0.351 e. The Morgan fingerprint density at radius 2 is 2.00 bits per heavy atom. The smallest absolute Gasteiger partial charge is 0.261 e. The van der Waals surface area contributed by atoms with E-state index in [0.29, 0.717) is 13.0 Å². The summed E-state index contributed by atoms with van der Waals surface area (Å²) in [6.45, 7) is 2.53. The second-order valence-corrected chi connectivity index (χ2v) is 6.66. The van der Waals surface area contributed by atoms with Crippen LogP contribution in [-0.4, -0.2) is 27.0 Å². The lowest BCUT2D eigenvalue weighted by molar-refractivity contribution is 0.0957. The number of aromatic nitrogens is 3. The average molecular weight is 336 g/mol. The molecular weight excluding hydrogens is 320 g/mol. The Morgan fingerprint density at radius 3 is 2.88 bits per heavy atom. The highest BCUT2D eigenvalue weighted by molar-refractivity contribution is 7.21. The number of hydrogen-bond acceptors (Lipinski definition) is 4. The average Bonchev–Trinajstić information content (AvgIpc) is 3.17. The molecule has 0 saturated carbocycles. The molecule has 4 aromatic rings. The highest BCUT2D eigenvalue weighted by Gasteiger charge is 2.15. The van der Waals surface area contributed by atoms with Crippen LogP contribution in [-0.2, 0) is 6.42 Å². The quantitative estimate of drug-likeness (QED) is 0.622. The van der Waals surface area contributed by atoms with Crippen molar-refractivity contribution in [2.45, 2.75) is 13.3 Å². The van der Waals surface area contributed by atoms with Gasteiger partial charge in [-0.15, -0.1) is 21.5 Å². The molecule has 1 aromatic carbocycles. The topological polar surface area (TPSA) is 59.3 Å². The lowest BCUT2D eigenvalue weighted by Crippen LogP contribution is -2.26. The zero-order chi connectivity index (χ0) is 16.5. The van der Waals surface area contributed by atoms with Crippen molar-refractivity contribution in [2.24, 2.45) is 0 Å². The third-order valence-corrected chi connectivity index (χ3v) is 5.34. The number of nitrogens with zero attached hydrogens (tertiary/aromatic N) is 3. The number of aryl methyl sites for hydroxylation is 1. The summed E-state index contributed by atoms with van der Waals surface area (Å²) >= 11 is 1.54. The third-order valence-electron chi connectivity index (χ3n) is 4.07. The van der Waals surface area contributed by atoms with Crippen LogP contribution in [0.1, 0.15) is 21.1 Å². The minimum absolute atomic E-state index is 0.0254. The standard InChI is InChI=1S/C18H16N4OS/c1-12-13-6-2-3-7-14(13)24-17(12)18(23)19-10-9-16-21-20-15-8-4-5-11-22(15)16/h2-8,11H,9-10H2,1H3,(H,19,23). The Balaban J connectivity index is 1.47. The van der Waals surface area contributed by atoms with Gasteiger partial charge < -0.3 is 5.32 Å². The van der Waals surface area contributed by atoms with E-state index in [9.17, 15) is 4.79 Å². The Hall–Kier alpha value is -2.73. The molecule has 0 radical (unpaired) electrons. The summed E-state index contributed by atoms with van der Waals surface area (Å²) in [6, 6.07) is 13.9. The van der Waals surface area contributed by atoms with E-state index in [1.165, 1.54) is 11.3 Å². The molecule has 0 fully saturated rings. The van der Waals surface area contributed by atoms with E-state index in [4.69, 9.17) is 0 Å². The molecular formula is C18H16N4OS. The number of amides is 1. The number of pyridine rings is 1. The number of rotatable bonds is 4. The number of nitrogens with one attached hydrogen (secondary N) is 1. The van der Waals surface area contributed by atoms with Crippen molar-refractivity contribution in [1.82, 2.24) is 19.9 Å². The van der Waals surface area contributed by atoms with Gasteiger partial charge in [-0.25, -0.2) is 0 Å². The summed E-state index contributed by atoms with van der Waals surface area (Å²) in [5.74, 6) is 0.821. The number of hydrogen-bond donors (Lipinski definition) is 1. The predicted octanol–water partition coefficient (Wildman–Crippen LogP) is 3.22. The molecule has 0 atom stereocenters. The zero-order valence-electron chi connectivity index (χ0n) is 13.2. The van der Waals surface area contributed by atoms with Crippen molar-refractivity contribution >= 4 is 33.0 Å². The zero-order valence-corrected chi connectivity index (χ0v) is 14.0. The molecule has 6 heteroatoms. The summed E-state index contributed by atoms with van der Waals surface area (Å²) in [6.07, 6.45) is 2.57. The maximum Gasteiger partial charge on any atom is 0.261 e. The maximum atomic E-state index is 12.5. The lowest BCUT2D eigenvalue weighted by atomic mass is 10.1. The molecule has 0 aliphatic rings. The largest absolute Gasteiger partial charge is 0.351 e. The fourth-order valence-electron chi connectivity index (χ4n) is 2.82. The van der Waals surface area contributed by atoms with Gasteiger partial charge in [0.1, 0.15) is 5.82 Å². The Morgan fingerprint density at radius 1 is 1.17 bits per heavy atom. The Kier molecular flexibility index (Phi) is 3.74. The van der Waals surface area contributed by atoms with Gasteiger partial charge in [0.2, 0.25) is 0 Å². The molecule has 0 unspecified atom stereocenters. The van der Waals surface area contributed by atoms with E-state index in [-0.39, 0.29) is 5.91 Å². The summed E-state index contributed by atoms with van der Waals surface area (Å²) < 4.78 is 3.08. The normalized spacial score (nSPS) is 11.2. The third kappa shape index (κ3) is 2.55. The molecule has 120 valence electrons. The maximum absolute atomic E-state index is 12.5. The minimum atomic E-state index is -0.0254. The Bertz CT molecular complexity index is 1030. The lowest BCUT2D eigenvalue weighted by Gasteiger charge is -2.04. The van der Waals surface area contributed by atoms with E-state index in [2.05, 4.69) is 21.6 Å². The molecule has 0 saturated heterocycles. The molecule has 0 bridgehead atoms. The van der Waals surface area contributed by atoms with Crippen molar-refractivity contribution < 1.29 is 4.79 Å². The molecule has 1 amide bonds. The molecule has 0 aliphatic carbocycles. The van der Waals surface area contributed by atoms with Gasteiger partial charge in [-0.3, -0.25) is 9.20 Å². The molecule has 3 aromatic heterocycles. The molecule has 4 rings (SSSR count). The van der Waals surface area contributed by atoms with Gasteiger partial charge in [0.25, 0.3) is 5.91 Å². The van der Waals surface area contributed by atoms with Crippen molar-refractivity contribution in [3.8, 4) is 0 Å². The van der Waals surface area contributed by atoms with E-state index >= 15 is 0 Å². The van der Waals surface area contributed by atoms with Crippen LogP contribution >= 0.6 is 11.3 Å². The molecule has 1 N–H and O–H groups in total. The number of fused-ring (bicyclic) bond motifs is 2. The second-order valence-electron chi connectivity index (χ2n) is 5.60.